The zero-order valence-electron chi connectivity index (χ0n) is 19.4. The number of carbonyl (C=O) groups excluding carboxylic acids is 1. The number of carbonyl (C=O) groups is 1. The van der Waals surface area contributed by atoms with Crippen LogP contribution in [-0.4, -0.2) is 54.8 Å². The highest BCUT2D eigenvalue weighted by atomic mass is 32.2. The van der Waals surface area contributed by atoms with Gasteiger partial charge in [0.15, 0.2) is 0 Å². The third-order valence-electron chi connectivity index (χ3n) is 7.29. The van der Waals surface area contributed by atoms with Crippen molar-refractivity contribution in [3.8, 4) is 0 Å². The average Bonchev–Trinajstić information content (AvgIpc) is 3.14. The van der Waals surface area contributed by atoms with Crippen LogP contribution in [-0.2, 0) is 21.2 Å². The lowest BCUT2D eigenvalue weighted by molar-refractivity contribution is -0.124. The Kier molecular flexibility index (Phi) is 7.36. The quantitative estimate of drug-likeness (QED) is 0.635. The van der Waals surface area contributed by atoms with Crippen molar-refractivity contribution < 1.29 is 18.3 Å². The molecule has 1 spiro atoms. The van der Waals surface area contributed by atoms with Gasteiger partial charge in [-0.3, -0.25) is 9.79 Å². The highest BCUT2D eigenvalue weighted by Gasteiger charge is 2.48. The summed E-state index contributed by atoms with van der Waals surface area (Å²) < 4.78 is 27.4. The maximum Gasteiger partial charge on any atom is 0.253 e. The summed E-state index contributed by atoms with van der Waals surface area (Å²) in [4.78, 5) is 17.6. The third-order valence-corrected chi connectivity index (χ3v) is 8.85. The second-order valence-electron chi connectivity index (χ2n) is 9.58. The van der Waals surface area contributed by atoms with Gasteiger partial charge < -0.3 is 10.4 Å². The second-order valence-corrected chi connectivity index (χ2v) is 11.4. The molecule has 1 saturated heterocycles. The Morgan fingerprint density at radius 3 is 2.64 bits per heavy atom. The number of aliphatic hydroxyl groups excluding tert-OH is 1. The van der Waals surface area contributed by atoms with Crippen molar-refractivity contribution in [2.24, 2.45) is 10.9 Å². The van der Waals surface area contributed by atoms with Crippen molar-refractivity contribution in [3.05, 3.63) is 40.3 Å². The normalized spacial score (nSPS) is 22.1. The van der Waals surface area contributed by atoms with Gasteiger partial charge in [-0.15, -0.1) is 0 Å². The number of aliphatic imine (C=N–C) groups is 1. The first-order chi connectivity index (χ1) is 15.8. The smallest absolute Gasteiger partial charge is 0.253 e. The van der Waals surface area contributed by atoms with Crippen LogP contribution in [0.15, 0.2) is 28.6 Å². The number of nitrogens with zero attached hydrogens (tertiary/aromatic N) is 2. The van der Waals surface area contributed by atoms with E-state index in [4.69, 9.17) is 10.1 Å². The van der Waals surface area contributed by atoms with Gasteiger partial charge in [-0.05, 0) is 68.2 Å². The molecule has 0 atom stereocenters. The molecule has 2 N–H and O–H groups in total. The third kappa shape index (κ3) is 5.39. The minimum absolute atomic E-state index is 0.0639. The number of benzene rings is 1. The average molecular weight is 474 g/mol. The molecule has 0 aromatic heterocycles. The molecular formula is C25H35N3O4S. The van der Waals surface area contributed by atoms with E-state index in [9.17, 15) is 13.2 Å². The van der Waals surface area contributed by atoms with Gasteiger partial charge in [-0.2, -0.15) is 4.31 Å². The zero-order valence-corrected chi connectivity index (χ0v) is 20.2. The molecule has 7 nitrogen and oxygen atoms in total. The van der Waals surface area contributed by atoms with Gasteiger partial charge in [0.2, 0.25) is 10.0 Å². The van der Waals surface area contributed by atoms with Crippen LogP contribution in [0.5, 0.6) is 0 Å². The Morgan fingerprint density at radius 1 is 1.21 bits per heavy atom. The molecule has 1 saturated carbocycles. The molecule has 1 amide bonds. The number of piperidine rings is 1. The van der Waals surface area contributed by atoms with Crippen LogP contribution in [0.3, 0.4) is 0 Å². The van der Waals surface area contributed by atoms with Crippen LogP contribution >= 0.6 is 0 Å². The molecule has 1 aromatic rings. The summed E-state index contributed by atoms with van der Waals surface area (Å²) in [7, 11) is -3.59. The molecule has 2 heterocycles. The minimum Gasteiger partial charge on any atom is -0.396 e. The number of aliphatic hydroxyl groups is 1. The number of aryl methyl sites for hydroxylation is 2. The highest BCUT2D eigenvalue weighted by Crippen LogP contribution is 2.35. The van der Waals surface area contributed by atoms with Crippen LogP contribution in [0.4, 0.5) is 0 Å². The molecule has 180 valence electrons. The van der Waals surface area contributed by atoms with E-state index in [2.05, 4.69) is 5.32 Å². The van der Waals surface area contributed by atoms with Crippen LogP contribution in [0.2, 0.25) is 0 Å². The maximum atomic E-state index is 13.0. The number of sulfonamides is 1. The summed E-state index contributed by atoms with van der Waals surface area (Å²) in [6.07, 6.45) is 9.65. The molecule has 2 fully saturated rings. The van der Waals surface area contributed by atoms with E-state index in [-0.39, 0.29) is 25.6 Å². The van der Waals surface area contributed by atoms with Gasteiger partial charge in [0, 0.05) is 31.0 Å². The minimum atomic E-state index is -3.59. The number of hydrogen-bond donors (Lipinski definition) is 2. The summed E-state index contributed by atoms with van der Waals surface area (Å²) in [6, 6.07) is 5.96. The topological polar surface area (TPSA) is 99.1 Å². The molecule has 8 heteroatoms. The standard InChI is InChI=1S/C25H35N3O4S/c1-19-9-10-20(6-5-16-29)18-22(19)11-17-33(31,32)28-14-12-25(13-15-28)24(30)26-23(27-25)21-7-3-2-4-8-21/h9-11,17-18,21,29H,2-8,12-16H2,1H3,(H,26,27,30)/b17-11+. The molecule has 2 aliphatic heterocycles. The predicted octanol–water partition coefficient (Wildman–Crippen LogP) is 3.16. The largest absolute Gasteiger partial charge is 0.396 e. The van der Waals surface area contributed by atoms with Gasteiger partial charge in [-0.1, -0.05) is 37.5 Å². The van der Waals surface area contributed by atoms with Crippen LogP contribution in [0.1, 0.15) is 68.1 Å². The Balaban J connectivity index is 1.42. The van der Waals surface area contributed by atoms with Crippen LogP contribution in [0.25, 0.3) is 6.08 Å². The lowest BCUT2D eigenvalue weighted by Gasteiger charge is -2.34. The SMILES string of the molecule is Cc1ccc(CCCO)cc1/C=C/S(=O)(=O)N1CCC2(CC1)N=C(C1CCCCC1)NC2=O. The van der Waals surface area contributed by atoms with Crippen molar-refractivity contribution in [3.63, 3.8) is 0 Å². The Bertz CT molecular complexity index is 1030. The lowest BCUT2D eigenvalue weighted by atomic mass is 9.88. The van der Waals surface area contributed by atoms with Crippen LogP contribution in [0, 0.1) is 12.8 Å². The Hall–Kier alpha value is -2.03. The summed E-state index contributed by atoms with van der Waals surface area (Å²) in [5.74, 6) is 1.10. The first-order valence-corrected chi connectivity index (χ1v) is 13.6. The maximum absolute atomic E-state index is 13.0. The van der Waals surface area contributed by atoms with Crippen molar-refractivity contribution in [1.29, 1.82) is 0 Å². The number of amidine groups is 1. The van der Waals surface area contributed by atoms with Gasteiger partial charge in [0.05, 0.1) is 0 Å². The lowest BCUT2D eigenvalue weighted by Crippen LogP contribution is -2.50. The summed E-state index contributed by atoms with van der Waals surface area (Å²) in [6.45, 7) is 2.66. The van der Waals surface area contributed by atoms with Crippen LogP contribution < -0.4 is 5.32 Å². The molecule has 0 unspecified atom stereocenters. The molecular weight excluding hydrogens is 438 g/mol. The molecule has 0 radical (unpaired) electrons. The fraction of sp³-hybridized carbons (Fsp3) is 0.600. The zero-order chi connectivity index (χ0) is 23.5. The number of rotatable bonds is 7. The number of amides is 1. The van der Waals surface area contributed by atoms with E-state index >= 15 is 0 Å². The summed E-state index contributed by atoms with van der Waals surface area (Å²) in [5, 5.41) is 13.3. The first kappa shape index (κ1) is 24.1. The van der Waals surface area contributed by atoms with Gasteiger partial charge in [-0.25, -0.2) is 8.42 Å². The van der Waals surface area contributed by atoms with Crippen molar-refractivity contribution in [1.82, 2.24) is 9.62 Å². The van der Waals surface area contributed by atoms with E-state index in [1.807, 2.05) is 25.1 Å². The van der Waals surface area contributed by atoms with E-state index in [1.165, 1.54) is 29.0 Å². The molecule has 3 aliphatic rings. The van der Waals surface area contributed by atoms with E-state index in [0.717, 1.165) is 41.8 Å². The molecule has 0 bridgehead atoms. The number of nitrogens with one attached hydrogen (secondary N) is 1. The van der Waals surface area contributed by atoms with Gasteiger partial charge >= 0.3 is 0 Å². The fourth-order valence-electron chi connectivity index (χ4n) is 5.11. The van der Waals surface area contributed by atoms with Gasteiger partial charge in [0.25, 0.3) is 5.91 Å². The molecule has 1 aliphatic carbocycles. The van der Waals surface area contributed by atoms with Gasteiger partial charge in [0.1, 0.15) is 11.4 Å². The predicted molar refractivity (Wildman–Crippen MR) is 130 cm³/mol. The van der Waals surface area contributed by atoms with E-state index in [1.54, 1.807) is 6.08 Å². The molecule has 33 heavy (non-hydrogen) atoms. The number of hydrogen-bond acceptors (Lipinski definition) is 5. The van der Waals surface area contributed by atoms with Crippen molar-refractivity contribution in [2.45, 2.75) is 70.3 Å². The monoisotopic (exact) mass is 473 g/mol. The first-order valence-electron chi connectivity index (χ1n) is 12.1. The molecule has 1 aromatic carbocycles. The fourth-order valence-corrected chi connectivity index (χ4v) is 6.30. The second kappa shape index (κ2) is 10.1. The summed E-state index contributed by atoms with van der Waals surface area (Å²) in [5.41, 5.74) is 2.13. The van der Waals surface area contributed by atoms with E-state index in [0.29, 0.717) is 25.2 Å². The van der Waals surface area contributed by atoms with E-state index < -0.39 is 15.6 Å². The molecule has 4 rings (SSSR count). The highest BCUT2D eigenvalue weighted by molar-refractivity contribution is 7.92. The Morgan fingerprint density at radius 2 is 1.94 bits per heavy atom. The van der Waals surface area contributed by atoms with Crippen molar-refractivity contribution in [2.75, 3.05) is 19.7 Å². The Labute approximate surface area is 197 Å². The van der Waals surface area contributed by atoms with Crippen molar-refractivity contribution >= 4 is 27.8 Å². The summed E-state index contributed by atoms with van der Waals surface area (Å²) >= 11 is 0.